The molecule has 1 saturated heterocycles. The van der Waals surface area contributed by atoms with Crippen LogP contribution in [0.3, 0.4) is 0 Å². The number of nitrogens with one attached hydrogen (secondary N) is 1. The smallest absolute Gasteiger partial charge is 0.313 e. The van der Waals surface area contributed by atoms with Crippen molar-refractivity contribution in [3.05, 3.63) is 42.6 Å². The summed E-state index contributed by atoms with van der Waals surface area (Å²) in [6, 6.07) is 11.9. The van der Waals surface area contributed by atoms with Crippen LogP contribution in [0.5, 0.6) is 5.75 Å². The highest BCUT2D eigenvalue weighted by Crippen LogP contribution is 2.37. The van der Waals surface area contributed by atoms with Gasteiger partial charge in [-0.2, -0.15) is 0 Å². The monoisotopic (exact) mass is 325 g/mol. The average molecular weight is 325 g/mol. The van der Waals surface area contributed by atoms with E-state index in [9.17, 15) is 4.79 Å². The molecule has 1 N–H and O–H groups in total. The molecule has 5 nitrogen and oxygen atoms in total. The molecule has 1 aliphatic heterocycles. The van der Waals surface area contributed by atoms with Crippen molar-refractivity contribution in [2.75, 3.05) is 31.1 Å². The van der Waals surface area contributed by atoms with E-state index < -0.39 is 0 Å². The summed E-state index contributed by atoms with van der Waals surface area (Å²) in [6.07, 6.45) is 1.78. The van der Waals surface area contributed by atoms with Gasteiger partial charge < -0.3 is 15.0 Å². The molecule has 0 unspecified atom stereocenters. The van der Waals surface area contributed by atoms with Gasteiger partial charge in [-0.15, -0.1) is 0 Å². The molecule has 2 heterocycles. The van der Waals surface area contributed by atoms with E-state index in [0.29, 0.717) is 5.75 Å². The Morgan fingerprint density at radius 3 is 2.54 bits per heavy atom. The first-order valence-corrected chi connectivity index (χ1v) is 8.38. The molecule has 0 aliphatic carbocycles. The van der Waals surface area contributed by atoms with Gasteiger partial charge in [-0.3, -0.25) is 4.79 Å². The van der Waals surface area contributed by atoms with Crippen LogP contribution in [0.4, 0.5) is 5.82 Å². The Labute approximate surface area is 142 Å². The fourth-order valence-electron chi connectivity index (χ4n) is 2.70. The molecule has 0 atom stereocenters. The molecular weight excluding hydrogens is 302 g/mol. The summed E-state index contributed by atoms with van der Waals surface area (Å²) in [5, 5.41) is 3.33. The number of hydrogen-bond donors (Lipinski definition) is 1. The molecule has 0 radical (unpaired) electrons. The Kier molecular flexibility index (Phi) is 5.11. The number of piperazine rings is 1. The van der Waals surface area contributed by atoms with Gasteiger partial charge in [-0.05, 0) is 11.6 Å². The van der Waals surface area contributed by atoms with E-state index in [1.165, 1.54) is 0 Å². The van der Waals surface area contributed by atoms with Crippen LogP contribution in [0.25, 0.3) is 11.1 Å². The number of anilines is 1. The number of ether oxygens (including phenoxy) is 1. The minimum absolute atomic E-state index is 0.190. The first kappa shape index (κ1) is 16.5. The predicted octanol–water partition coefficient (Wildman–Crippen LogP) is 2.72. The van der Waals surface area contributed by atoms with E-state index in [0.717, 1.165) is 43.1 Å². The van der Waals surface area contributed by atoms with Crippen molar-refractivity contribution >= 4 is 11.8 Å². The normalized spacial score (nSPS) is 14.7. The highest BCUT2D eigenvalue weighted by Gasteiger charge is 2.23. The van der Waals surface area contributed by atoms with E-state index in [2.05, 4.69) is 15.2 Å². The predicted molar refractivity (Wildman–Crippen MR) is 95.2 cm³/mol. The SMILES string of the molecule is CC(C)C(=O)Oc1c(-c2ccccc2)ccnc1N1CCNCC1. The number of hydrogen-bond acceptors (Lipinski definition) is 5. The van der Waals surface area contributed by atoms with Crippen molar-refractivity contribution < 1.29 is 9.53 Å². The standard InChI is InChI=1S/C19H23N3O2/c1-14(2)19(23)24-17-16(15-6-4-3-5-7-15)8-9-21-18(17)22-12-10-20-11-13-22/h3-9,14,20H,10-13H2,1-2H3. The zero-order valence-electron chi connectivity index (χ0n) is 14.2. The van der Waals surface area contributed by atoms with Crippen molar-refractivity contribution in [1.82, 2.24) is 10.3 Å². The van der Waals surface area contributed by atoms with E-state index in [-0.39, 0.29) is 11.9 Å². The summed E-state index contributed by atoms with van der Waals surface area (Å²) in [5.74, 6) is 0.873. The fraction of sp³-hybridized carbons (Fsp3) is 0.368. The molecule has 24 heavy (non-hydrogen) atoms. The molecule has 126 valence electrons. The van der Waals surface area contributed by atoms with Crippen molar-refractivity contribution in [2.24, 2.45) is 5.92 Å². The lowest BCUT2D eigenvalue weighted by molar-refractivity contribution is -0.137. The summed E-state index contributed by atoms with van der Waals surface area (Å²) >= 11 is 0. The Balaban J connectivity index is 2.06. The number of benzene rings is 1. The Hall–Kier alpha value is -2.40. The summed E-state index contributed by atoms with van der Waals surface area (Å²) in [7, 11) is 0. The number of pyridine rings is 1. The minimum Gasteiger partial charge on any atom is -0.422 e. The van der Waals surface area contributed by atoms with Crippen LogP contribution in [-0.4, -0.2) is 37.1 Å². The summed E-state index contributed by atoms with van der Waals surface area (Å²) in [5.41, 5.74) is 1.91. The van der Waals surface area contributed by atoms with Crippen molar-refractivity contribution in [2.45, 2.75) is 13.8 Å². The lowest BCUT2D eigenvalue weighted by atomic mass is 10.1. The van der Waals surface area contributed by atoms with Crippen LogP contribution in [-0.2, 0) is 4.79 Å². The molecule has 5 heteroatoms. The van der Waals surface area contributed by atoms with Crippen molar-refractivity contribution in [3.8, 4) is 16.9 Å². The van der Waals surface area contributed by atoms with E-state index in [1.807, 2.05) is 50.2 Å². The van der Waals surface area contributed by atoms with Gasteiger partial charge in [0.05, 0.1) is 5.92 Å². The molecule has 1 aliphatic rings. The topological polar surface area (TPSA) is 54.5 Å². The Morgan fingerprint density at radius 2 is 1.88 bits per heavy atom. The number of nitrogens with zero attached hydrogens (tertiary/aromatic N) is 2. The summed E-state index contributed by atoms with van der Waals surface area (Å²) < 4.78 is 5.78. The highest BCUT2D eigenvalue weighted by atomic mass is 16.5. The zero-order valence-corrected chi connectivity index (χ0v) is 14.2. The molecule has 0 bridgehead atoms. The maximum atomic E-state index is 12.2. The van der Waals surface area contributed by atoms with Crippen molar-refractivity contribution in [3.63, 3.8) is 0 Å². The number of carbonyl (C=O) groups excluding carboxylic acids is 1. The second-order valence-electron chi connectivity index (χ2n) is 6.19. The number of rotatable bonds is 4. The lowest BCUT2D eigenvalue weighted by Crippen LogP contribution is -2.44. The minimum atomic E-state index is -0.239. The third-order valence-electron chi connectivity index (χ3n) is 4.06. The van der Waals surface area contributed by atoms with Crippen LogP contribution < -0.4 is 15.0 Å². The first-order chi connectivity index (χ1) is 11.7. The average Bonchev–Trinajstić information content (AvgIpc) is 2.63. The van der Waals surface area contributed by atoms with Crippen LogP contribution in [0.15, 0.2) is 42.6 Å². The third kappa shape index (κ3) is 3.57. The van der Waals surface area contributed by atoms with Gasteiger partial charge in [0.2, 0.25) is 0 Å². The second kappa shape index (κ2) is 7.45. The summed E-state index contributed by atoms with van der Waals surface area (Å²) in [6.45, 7) is 7.16. The number of esters is 1. The van der Waals surface area contributed by atoms with Gasteiger partial charge in [0, 0.05) is 37.9 Å². The van der Waals surface area contributed by atoms with Crippen molar-refractivity contribution in [1.29, 1.82) is 0 Å². The first-order valence-electron chi connectivity index (χ1n) is 8.38. The number of carbonyl (C=O) groups is 1. The highest BCUT2D eigenvalue weighted by molar-refractivity contribution is 5.83. The lowest BCUT2D eigenvalue weighted by Gasteiger charge is -2.30. The fourth-order valence-corrected chi connectivity index (χ4v) is 2.70. The van der Waals surface area contributed by atoms with Crippen LogP contribution in [0.1, 0.15) is 13.8 Å². The van der Waals surface area contributed by atoms with E-state index >= 15 is 0 Å². The molecule has 2 aromatic rings. The quantitative estimate of drug-likeness (QED) is 0.876. The molecular formula is C19H23N3O2. The Morgan fingerprint density at radius 1 is 1.17 bits per heavy atom. The number of aromatic nitrogens is 1. The van der Waals surface area contributed by atoms with Crippen LogP contribution in [0.2, 0.25) is 0 Å². The van der Waals surface area contributed by atoms with E-state index in [1.54, 1.807) is 6.20 Å². The zero-order chi connectivity index (χ0) is 16.9. The maximum Gasteiger partial charge on any atom is 0.313 e. The van der Waals surface area contributed by atoms with Crippen LogP contribution >= 0.6 is 0 Å². The summed E-state index contributed by atoms with van der Waals surface area (Å²) in [4.78, 5) is 18.9. The second-order valence-corrected chi connectivity index (χ2v) is 6.19. The molecule has 0 spiro atoms. The van der Waals surface area contributed by atoms with Gasteiger partial charge >= 0.3 is 5.97 Å². The molecule has 3 rings (SSSR count). The van der Waals surface area contributed by atoms with E-state index in [4.69, 9.17) is 4.74 Å². The van der Waals surface area contributed by atoms with Gasteiger partial charge in [0.15, 0.2) is 11.6 Å². The molecule has 0 saturated carbocycles. The molecule has 1 fully saturated rings. The van der Waals surface area contributed by atoms with Gasteiger partial charge in [0.1, 0.15) is 0 Å². The van der Waals surface area contributed by atoms with Crippen LogP contribution in [0, 0.1) is 5.92 Å². The molecule has 1 aromatic heterocycles. The third-order valence-corrected chi connectivity index (χ3v) is 4.06. The van der Waals surface area contributed by atoms with Gasteiger partial charge in [-0.25, -0.2) is 4.98 Å². The van der Waals surface area contributed by atoms with Gasteiger partial charge in [-0.1, -0.05) is 44.2 Å². The van der Waals surface area contributed by atoms with Gasteiger partial charge in [0.25, 0.3) is 0 Å². The maximum absolute atomic E-state index is 12.2. The molecule has 1 aromatic carbocycles. The Bertz CT molecular complexity index is 695. The largest absolute Gasteiger partial charge is 0.422 e. The molecule has 0 amide bonds.